The molecule has 0 amide bonds. The Kier molecular flexibility index (Phi) is 4.99. The van der Waals surface area contributed by atoms with Crippen LogP contribution in [0, 0.1) is 5.92 Å². The molecular formula is C21H33NO2Si. The number of hydrogen-bond acceptors (Lipinski definition) is 3. The van der Waals surface area contributed by atoms with Crippen LogP contribution in [0.3, 0.4) is 0 Å². The third-order valence-electron chi connectivity index (χ3n) is 6.49. The van der Waals surface area contributed by atoms with Gasteiger partial charge in [-0.05, 0) is 62.0 Å². The number of Topliss-reactive ketones (excluding diaryl/α,β-unsaturated/α-hetero) is 1. The lowest BCUT2D eigenvalue weighted by Crippen LogP contribution is -2.54. The summed E-state index contributed by atoms with van der Waals surface area (Å²) in [6.07, 6.45) is 3.91. The van der Waals surface area contributed by atoms with Crippen LogP contribution in [0.25, 0.3) is 0 Å². The zero-order valence-corrected chi connectivity index (χ0v) is 17.4. The standard InChI is InChI=1S/C21H33NO2Si/c1-20(2,3)25(4,5)24-21(14-16-10-12-22-13-11-16)15-17-8-6-7-9-18(17)19(21)23/h6-9,16,22H,10-15H2,1-5H3. The molecule has 1 fully saturated rings. The highest BCUT2D eigenvalue weighted by atomic mass is 28.4. The SMILES string of the molecule is CC(C)(C)[Si](C)(C)OC1(CC2CCNCC2)Cc2ccccc2C1=O. The fourth-order valence-corrected chi connectivity index (χ4v) is 5.54. The molecule has 2 aliphatic rings. The molecule has 1 aromatic rings. The van der Waals surface area contributed by atoms with Gasteiger partial charge in [0.05, 0.1) is 0 Å². The van der Waals surface area contributed by atoms with Gasteiger partial charge in [-0.3, -0.25) is 4.79 Å². The van der Waals surface area contributed by atoms with E-state index in [0.29, 0.717) is 5.92 Å². The van der Waals surface area contributed by atoms with Crippen molar-refractivity contribution in [3.05, 3.63) is 35.4 Å². The monoisotopic (exact) mass is 359 g/mol. The molecule has 0 aromatic heterocycles. The van der Waals surface area contributed by atoms with Crippen LogP contribution < -0.4 is 5.32 Å². The molecule has 1 saturated heterocycles. The second-order valence-corrected chi connectivity index (χ2v) is 14.1. The molecule has 0 spiro atoms. The van der Waals surface area contributed by atoms with E-state index in [1.165, 1.54) is 5.56 Å². The summed E-state index contributed by atoms with van der Waals surface area (Å²) in [5.41, 5.74) is 1.41. The Balaban J connectivity index is 1.94. The van der Waals surface area contributed by atoms with Crippen molar-refractivity contribution >= 4 is 14.1 Å². The van der Waals surface area contributed by atoms with Crippen LogP contribution in [0.1, 0.15) is 56.0 Å². The van der Waals surface area contributed by atoms with Gasteiger partial charge in [-0.15, -0.1) is 0 Å². The topological polar surface area (TPSA) is 38.3 Å². The molecule has 1 atom stereocenters. The first-order valence-corrected chi connectivity index (χ1v) is 12.6. The molecule has 4 heteroatoms. The zero-order chi connectivity index (χ0) is 18.3. The van der Waals surface area contributed by atoms with Crippen molar-refractivity contribution in [1.29, 1.82) is 0 Å². The summed E-state index contributed by atoms with van der Waals surface area (Å²) < 4.78 is 6.92. The lowest BCUT2D eigenvalue weighted by atomic mass is 9.83. The van der Waals surface area contributed by atoms with E-state index in [4.69, 9.17) is 4.43 Å². The average Bonchev–Trinajstić information content (AvgIpc) is 2.79. The van der Waals surface area contributed by atoms with Crippen LogP contribution in [0.5, 0.6) is 0 Å². The predicted octanol–water partition coefficient (Wildman–Crippen LogP) is 4.58. The van der Waals surface area contributed by atoms with Crippen molar-refractivity contribution in [2.45, 2.75) is 70.2 Å². The minimum atomic E-state index is -2.04. The Morgan fingerprint density at radius 2 is 1.84 bits per heavy atom. The molecule has 0 saturated carbocycles. The van der Waals surface area contributed by atoms with Crippen molar-refractivity contribution < 1.29 is 9.22 Å². The number of carbonyl (C=O) groups excluding carboxylic acids is 1. The molecule has 1 aliphatic heterocycles. The highest BCUT2D eigenvalue weighted by Gasteiger charge is 2.53. The smallest absolute Gasteiger partial charge is 0.194 e. The molecule has 3 rings (SSSR count). The maximum atomic E-state index is 13.5. The number of hydrogen-bond donors (Lipinski definition) is 1. The minimum Gasteiger partial charge on any atom is -0.404 e. The summed E-state index contributed by atoms with van der Waals surface area (Å²) in [5, 5.41) is 3.54. The lowest BCUT2D eigenvalue weighted by Gasteiger charge is -2.45. The normalized spacial score (nSPS) is 25.2. The van der Waals surface area contributed by atoms with E-state index in [0.717, 1.165) is 44.3 Å². The first kappa shape index (κ1) is 18.8. The largest absolute Gasteiger partial charge is 0.404 e. The second kappa shape index (κ2) is 6.64. The van der Waals surface area contributed by atoms with Gasteiger partial charge >= 0.3 is 0 Å². The van der Waals surface area contributed by atoms with Gasteiger partial charge in [0.1, 0.15) is 5.60 Å². The molecule has 138 valence electrons. The molecular weight excluding hydrogens is 326 g/mol. The van der Waals surface area contributed by atoms with E-state index in [1.54, 1.807) is 0 Å². The number of benzene rings is 1. The first-order valence-electron chi connectivity index (χ1n) is 9.68. The van der Waals surface area contributed by atoms with E-state index >= 15 is 0 Å². The Morgan fingerprint density at radius 3 is 2.44 bits per heavy atom. The van der Waals surface area contributed by atoms with Crippen LogP contribution in [0.4, 0.5) is 0 Å². The van der Waals surface area contributed by atoms with E-state index in [2.05, 4.69) is 45.2 Å². The number of carbonyl (C=O) groups is 1. The van der Waals surface area contributed by atoms with E-state index in [9.17, 15) is 4.79 Å². The Morgan fingerprint density at radius 1 is 1.20 bits per heavy atom. The van der Waals surface area contributed by atoms with Crippen LogP contribution >= 0.6 is 0 Å². The highest BCUT2D eigenvalue weighted by Crippen LogP contribution is 2.46. The molecule has 3 nitrogen and oxygen atoms in total. The molecule has 25 heavy (non-hydrogen) atoms. The van der Waals surface area contributed by atoms with Gasteiger partial charge in [-0.25, -0.2) is 0 Å². The second-order valence-electron chi connectivity index (χ2n) is 9.42. The number of fused-ring (bicyclic) bond motifs is 1. The number of ketones is 1. The van der Waals surface area contributed by atoms with Gasteiger partial charge in [-0.2, -0.15) is 0 Å². The summed E-state index contributed by atoms with van der Waals surface area (Å²) in [6.45, 7) is 13.4. The average molecular weight is 360 g/mol. The van der Waals surface area contributed by atoms with Crippen molar-refractivity contribution in [3.63, 3.8) is 0 Å². The third kappa shape index (κ3) is 3.62. The number of piperidine rings is 1. The molecule has 1 N–H and O–H groups in total. The summed E-state index contributed by atoms with van der Waals surface area (Å²) in [6, 6.07) is 8.10. The van der Waals surface area contributed by atoms with Crippen molar-refractivity contribution in [2.24, 2.45) is 5.92 Å². The van der Waals surface area contributed by atoms with Gasteiger partial charge in [-0.1, -0.05) is 45.0 Å². The fraction of sp³-hybridized carbons (Fsp3) is 0.667. The summed E-state index contributed by atoms with van der Waals surface area (Å²) in [5.74, 6) is 0.802. The van der Waals surface area contributed by atoms with E-state index in [1.807, 2.05) is 18.2 Å². The molecule has 1 aliphatic carbocycles. The maximum Gasteiger partial charge on any atom is 0.194 e. The number of nitrogens with one attached hydrogen (secondary N) is 1. The summed E-state index contributed by atoms with van der Waals surface area (Å²) >= 11 is 0. The van der Waals surface area contributed by atoms with Crippen LogP contribution in [-0.4, -0.2) is 32.8 Å². The van der Waals surface area contributed by atoms with Crippen molar-refractivity contribution in [2.75, 3.05) is 13.1 Å². The van der Waals surface area contributed by atoms with Gasteiger partial charge in [0, 0.05) is 12.0 Å². The van der Waals surface area contributed by atoms with Crippen LogP contribution in [0.15, 0.2) is 24.3 Å². The van der Waals surface area contributed by atoms with Crippen LogP contribution in [0.2, 0.25) is 18.1 Å². The first-order chi connectivity index (χ1) is 11.6. The van der Waals surface area contributed by atoms with Crippen molar-refractivity contribution in [1.82, 2.24) is 5.32 Å². The number of rotatable bonds is 4. The molecule has 0 radical (unpaired) electrons. The Bertz CT molecular complexity index is 644. The fourth-order valence-electron chi connectivity index (χ4n) is 4.01. The van der Waals surface area contributed by atoms with E-state index in [-0.39, 0.29) is 10.8 Å². The van der Waals surface area contributed by atoms with Gasteiger partial charge < -0.3 is 9.74 Å². The van der Waals surface area contributed by atoms with Gasteiger partial charge in [0.25, 0.3) is 0 Å². The summed E-state index contributed by atoms with van der Waals surface area (Å²) in [7, 11) is -2.04. The maximum absolute atomic E-state index is 13.5. The molecule has 1 aromatic carbocycles. The predicted molar refractivity (Wildman–Crippen MR) is 106 cm³/mol. The summed E-state index contributed by atoms with van der Waals surface area (Å²) in [4.78, 5) is 13.5. The lowest BCUT2D eigenvalue weighted by molar-refractivity contribution is 0.0281. The Hall–Kier alpha value is -0.973. The van der Waals surface area contributed by atoms with Crippen LogP contribution in [-0.2, 0) is 10.8 Å². The van der Waals surface area contributed by atoms with Crippen molar-refractivity contribution in [3.8, 4) is 0 Å². The molecule has 1 heterocycles. The van der Waals surface area contributed by atoms with Gasteiger partial charge in [0.15, 0.2) is 14.1 Å². The molecule has 1 unspecified atom stereocenters. The Labute approximate surface area is 153 Å². The highest BCUT2D eigenvalue weighted by molar-refractivity contribution is 6.74. The van der Waals surface area contributed by atoms with Gasteiger partial charge in [0.2, 0.25) is 0 Å². The van der Waals surface area contributed by atoms with E-state index < -0.39 is 13.9 Å². The quantitative estimate of drug-likeness (QED) is 0.800. The minimum absolute atomic E-state index is 0.100. The molecule has 0 bridgehead atoms. The zero-order valence-electron chi connectivity index (χ0n) is 16.4. The third-order valence-corrected chi connectivity index (χ3v) is 11.0.